The van der Waals surface area contributed by atoms with E-state index >= 15 is 0 Å². The first-order chi connectivity index (χ1) is 10.5. The van der Waals surface area contributed by atoms with Crippen molar-refractivity contribution in [2.24, 2.45) is 0 Å². The second-order valence-corrected chi connectivity index (χ2v) is 4.59. The topological polar surface area (TPSA) is 9.23 Å². The van der Waals surface area contributed by atoms with Gasteiger partial charge in [-0.15, -0.1) is 0 Å². The number of rotatable bonds is 2. The van der Waals surface area contributed by atoms with Crippen LogP contribution < -0.4 is 0 Å². The maximum absolute atomic E-state index is 13.6. The van der Waals surface area contributed by atoms with Gasteiger partial charge in [-0.1, -0.05) is 0 Å². The largest absolute Gasteiger partial charge is 0.457 e. The molecule has 0 aliphatic carbocycles. The van der Waals surface area contributed by atoms with Crippen LogP contribution in [0.3, 0.4) is 0 Å². The average Bonchev–Trinajstić information content (AvgIpc) is 2.41. The zero-order valence-electron chi connectivity index (χ0n) is 10.5. The van der Waals surface area contributed by atoms with E-state index in [-0.39, 0.29) is 0 Å². The van der Waals surface area contributed by atoms with Gasteiger partial charge in [0.2, 0.25) is 0 Å². The monoisotopic (exact) mass is 416 g/mol. The normalized spacial score (nSPS) is 31.7. The molecule has 1 rings (SSSR count). The van der Waals surface area contributed by atoms with Crippen LogP contribution in [0, 0.1) is 0 Å². The average molecular weight is 416 g/mol. The second-order valence-electron chi connectivity index (χ2n) is 4.59. The summed E-state index contributed by atoms with van der Waals surface area (Å²) >= 11 is 0. The summed E-state index contributed by atoms with van der Waals surface area (Å²) in [4.78, 5) is 0. The summed E-state index contributed by atoms with van der Waals surface area (Å²) in [5.74, 6) is -31.3. The van der Waals surface area contributed by atoms with Crippen molar-refractivity contribution in [2.75, 3.05) is 0 Å². The standard InChI is InChI=1S/C8F16O/c9-1(6(17,18)19,2(10,11)7(20,21)22)5(16)3(12,13)4(14,15)8(23,24)25-5. The zero-order chi connectivity index (χ0) is 20.7. The Morgan fingerprint density at radius 2 is 0.880 bits per heavy atom. The lowest BCUT2D eigenvalue weighted by Crippen LogP contribution is -2.76. The minimum Gasteiger partial charge on any atom is -0.269 e. The van der Waals surface area contributed by atoms with Crippen LogP contribution in [0.4, 0.5) is 70.2 Å². The van der Waals surface area contributed by atoms with E-state index in [1.54, 1.807) is 4.74 Å². The highest BCUT2D eigenvalue weighted by Crippen LogP contribution is 2.70. The molecule has 2 atom stereocenters. The molecule has 0 aromatic rings. The summed E-state index contributed by atoms with van der Waals surface area (Å²) in [5, 5.41) is 0. The quantitative estimate of drug-likeness (QED) is 0.575. The summed E-state index contributed by atoms with van der Waals surface area (Å²) in [7, 11) is 0. The maximum atomic E-state index is 13.6. The Morgan fingerprint density at radius 3 is 1.08 bits per heavy atom. The molecule has 0 radical (unpaired) electrons. The van der Waals surface area contributed by atoms with E-state index in [9.17, 15) is 70.2 Å². The molecular weight excluding hydrogens is 416 g/mol. The van der Waals surface area contributed by atoms with Gasteiger partial charge >= 0.3 is 47.8 Å². The van der Waals surface area contributed by atoms with E-state index in [1.165, 1.54) is 0 Å². The van der Waals surface area contributed by atoms with Gasteiger partial charge in [0, 0.05) is 0 Å². The third kappa shape index (κ3) is 2.16. The molecule has 150 valence electrons. The number of alkyl halides is 16. The summed E-state index contributed by atoms with van der Waals surface area (Å²) < 4.78 is 204. The van der Waals surface area contributed by atoms with Crippen LogP contribution in [-0.2, 0) is 4.74 Å². The Kier molecular flexibility index (Phi) is 4.17. The molecule has 1 heterocycles. The van der Waals surface area contributed by atoms with Crippen LogP contribution in [0.1, 0.15) is 0 Å². The molecule has 0 spiro atoms. The maximum Gasteiger partial charge on any atom is 0.457 e. The Morgan fingerprint density at radius 1 is 0.520 bits per heavy atom. The number of hydrogen-bond donors (Lipinski definition) is 0. The Labute approximate surface area is 124 Å². The van der Waals surface area contributed by atoms with Crippen LogP contribution >= 0.6 is 0 Å². The van der Waals surface area contributed by atoms with E-state index in [1.807, 2.05) is 0 Å². The molecule has 2 unspecified atom stereocenters. The molecule has 1 nitrogen and oxygen atoms in total. The van der Waals surface area contributed by atoms with Crippen LogP contribution in [0.15, 0.2) is 0 Å². The Hall–Kier alpha value is -1.16. The zero-order valence-corrected chi connectivity index (χ0v) is 10.5. The lowest BCUT2D eigenvalue weighted by Gasteiger charge is -2.43. The highest BCUT2D eigenvalue weighted by Gasteiger charge is 3.03. The minimum atomic E-state index is -8.38. The van der Waals surface area contributed by atoms with Gasteiger partial charge in [0.1, 0.15) is 0 Å². The molecule has 0 aromatic carbocycles. The van der Waals surface area contributed by atoms with Crippen molar-refractivity contribution in [2.45, 2.75) is 47.8 Å². The Bertz CT molecular complexity index is 543. The summed E-state index contributed by atoms with van der Waals surface area (Å²) in [5.41, 5.74) is -8.38. The first kappa shape index (κ1) is 21.9. The summed E-state index contributed by atoms with van der Waals surface area (Å²) in [6, 6.07) is 0. The van der Waals surface area contributed by atoms with Crippen LogP contribution in [0.5, 0.6) is 0 Å². The second kappa shape index (κ2) is 4.76. The fraction of sp³-hybridized carbons (Fsp3) is 1.00. The van der Waals surface area contributed by atoms with Crippen molar-refractivity contribution >= 4 is 0 Å². The van der Waals surface area contributed by atoms with Gasteiger partial charge in [-0.3, -0.25) is 4.74 Å². The van der Waals surface area contributed by atoms with Gasteiger partial charge in [0.05, 0.1) is 0 Å². The molecule has 1 aliphatic rings. The van der Waals surface area contributed by atoms with Crippen molar-refractivity contribution < 1.29 is 75.0 Å². The predicted molar refractivity (Wildman–Crippen MR) is 40.7 cm³/mol. The minimum absolute atomic E-state index is 1.57. The summed E-state index contributed by atoms with van der Waals surface area (Å²) in [6.45, 7) is 0. The van der Waals surface area contributed by atoms with Crippen LogP contribution in [0.2, 0.25) is 0 Å². The van der Waals surface area contributed by atoms with Crippen LogP contribution in [-0.4, -0.2) is 47.8 Å². The van der Waals surface area contributed by atoms with Crippen molar-refractivity contribution in [1.82, 2.24) is 0 Å². The van der Waals surface area contributed by atoms with Gasteiger partial charge in [0.25, 0.3) is 0 Å². The van der Waals surface area contributed by atoms with Gasteiger partial charge in [0.15, 0.2) is 0 Å². The van der Waals surface area contributed by atoms with Gasteiger partial charge in [-0.05, 0) is 0 Å². The molecule has 0 aromatic heterocycles. The van der Waals surface area contributed by atoms with E-state index in [2.05, 4.69) is 0 Å². The van der Waals surface area contributed by atoms with Crippen molar-refractivity contribution in [3.8, 4) is 0 Å². The van der Waals surface area contributed by atoms with Crippen molar-refractivity contribution in [3.63, 3.8) is 0 Å². The Balaban J connectivity index is 3.93. The van der Waals surface area contributed by atoms with E-state index in [0.717, 1.165) is 0 Å². The van der Waals surface area contributed by atoms with E-state index in [4.69, 9.17) is 0 Å². The first-order valence-corrected chi connectivity index (χ1v) is 5.18. The number of hydrogen-bond acceptors (Lipinski definition) is 1. The molecule has 0 saturated carbocycles. The highest BCUT2D eigenvalue weighted by molar-refractivity contribution is 5.23. The summed E-state index contributed by atoms with van der Waals surface area (Å²) in [6.07, 6.45) is -23.0. The van der Waals surface area contributed by atoms with E-state index < -0.39 is 47.8 Å². The van der Waals surface area contributed by atoms with Crippen LogP contribution in [0.25, 0.3) is 0 Å². The van der Waals surface area contributed by atoms with E-state index in [0.29, 0.717) is 0 Å². The van der Waals surface area contributed by atoms with Gasteiger partial charge in [-0.25, -0.2) is 8.78 Å². The third-order valence-electron chi connectivity index (χ3n) is 3.05. The fourth-order valence-corrected chi connectivity index (χ4v) is 1.73. The third-order valence-corrected chi connectivity index (χ3v) is 3.05. The fourth-order valence-electron chi connectivity index (χ4n) is 1.73. The van der Waals surface area contributed by atoms with Crippen molar-refractivity contribution in [1.29, 1.82) is 0 Å². The molecule has 0 amide bonds. The number of ether oxygens (including phenoxy) is 1. The molecule has 0 bridgehead atoms. The molecule has 17 heteroatoms. The molecule has 25 heavy (non-hydrogen) atoms. The molecule has 1 aliphatic heterocycles. The first-order valence-electron chi connectivity index (χ1n) is 5.18. The van der Waals surface area contributed by atoms with Crippen molar-refractivity contribution in [3.05, 3.63) is 0 Å². The molecular formula is C8F16O. The predicted octanol–water partition coefficient (Wildman–Crippen LogP) is 5.01. The molecule has 1 fully saturated rings. The molecule has 1 saturated heterocycles. The molecule has 0 N–H and O–H groups in total. The van der Waals surface area contributed by atoms with Gasteiger partial charge < -0.3 is 0 Å². The lowest BCUT2D eigenvalue weighted by molar-refractivity contribution is -0.466. The van der Waals surface area contributed by atoms with Gasteiger partial charge in [-0.2, -0.15) is 61.5 Å². The lowest BCUT2D eigenvalue weighted by atomic mass is 9.83. The highest BCUT2D eigenvalue weighted by atomic mass is 19.4. The SMILES string of the molecule is FC(F)(F)C(F)(F)C(F)(C(F)(F)F)C1(F)OC(F)(F)C(F)(F)C1(F)F. The number of halogens is 16. The smallest absolute Gasteiger partial charge is 0.269 e.